The summed E-state index contributed by atoms with van der Waals surface area (Å²) in [6, 6.07) is 0.619. The number of nitrogens with zero attached hydrogens (tertiary/aromatic N) is 2. The van der Waals surface area contributed by atoms with Gasteiger partial charge >= 0.3 is 0 Å². The Bertz CT molecular complexity index is 217. The summed E-state index contributed by atoms with van der Waals surface area (Å²) in [6.07, 6.45) is 0.357. The van der Waals surface area contributed by atoms with E-state index in [4.69, 9.17) is 9.84 Å². The molecule has 0 bridgehead atoms. The van der Waals surface area contributed by atoms with E-state index in [1.165, 1.54) is 0 Å². The minimum Gasteiger partial charge on any atom is -0.396 e. The van der Waals surface area contributed by atoms with Crippen LogP contribution in [0, 0.1) is 5.92 Å². The molecule has 4 heteroatoms. The summed E-state index contributed by atoms with van der Waals surface area (Å²) < 4.78 is 5.79. The monoisotopic (exact) mass is 228 g/mol. The van der Waals surface area contributed by atoms with Crippen LogP contribution in [0.25, 0.3) is 0 Å². The highest BCUT2D eigenvalue weighted by Gasteiger charge is 2.30. The van der Waals surface area contributed by atoms with Crippen molar-refractivity contribution in [3.63, 3.8) is 0 Å². The van der Waals surface area contributed by atoms with Crippen LogP contribution in [-0.4, -0.2) is 73.0 Å². The predicted octanol–water partition coefficient (Wildman–Crippen LogP) is 0.0197. The molecule has 2 heterocycles. The Morgan fingerprint density at radius 1 is 1.31 bits per heavy atom. The van der Waals surface area contributed by atoms with Gasteiger partial charge in [-0.05, 0) is 13.8 Å². The van der Waals surface area contributed by atoms with Gasteiger partial charge in [0.2, 0.25) is 0 Å². The van der Waals surface area contributed by atoms with Crippen molar-refractivity contribution in [2.24, 2.45) is 5.92 Å². The molecule has 1 N–H and O–H groups in total. The van der Waals surface area contributed by atoms with Gasteiger partial charge in [-0.2, -0.15) is 0 Å². The topological polar surface area (TPSA) is 35.9 Å². The number of aliphatic hydroxyl groups is 1. The SMILES string of the molecule is CC(C)N1CCOC(CN2CC(CO)C2)C1. The first kappa shape index (κ1) is 12.3. The minimum absolute atomic E-state index is 0.333. The average molecular weight is 228 g/mol. The van der Waals surface area contributed by atoms with Gasteiger partial charge in [0.25, 0.3) is 0 Å². The summed E-state index contributed by atoms with van der Waals surface area (Å²) in [5.41, 5.74) is 0. The maximum atomic E-state index is 8.96. The molecule has 2 saturated heterocycles. The molecule has 1 unspecified atom stereocenters. The standard InChI is InChI=1S/C12H24N2O2/c1-10(2)14-3-4-16-12(8-14)7-13-5-11(6-13)9-15/h10-12,15H,3-9H2,1-2H3. The van der Waals surface area contributed by atoms with E-state index in [1.54, 1.807) is 0 Å². The Morgan fingerprint density at radius 3 is 2.69 bits per heavy atom. The Morgan fingerprint density at radius 2 is 2.06 bits per heavy atom. The first-order chi connectivity index (χ1) is 7.69. The first-order valence-electron chi connectivity index (χ1n) is 6.38. The molecule has 1 atom stereocenters. The lowest BCUT2D eigenvalue weighted by Gasteiger charge is -2.43. The minimum atomic E-state index is 0.333. The van der Waals surface area contributed by atoms with Gasteiger partial charge in [-0.1, -0.05) is 0 Å². The van der Waals surface area contributed by atoms with Gasteiger partial charge in [-0.25, -0.2) is 0 Å². The molecule has 4 nitrogen and oxygen atoms in total. The lowest BCUT2D eigenvalue weighted by atomic mass is 10.0. The fourth-order valence-corrected chi connectivity index (χ4v) is 2.55. The van der Waals surface area contributed by atoms with E-state index in [2.05, 4.69) is 23.6 Å². The van der Waals surface area contributed by atoms with Crippen molar-refractivity contribution in [2.75, 3.05) is 45.9 Å². The molecule has 0 aromatic heterocycles. The van der Waals surface area contributed by atoms with Crippen LogP contribution in [0.3, 0.4) is 0 Å². The Balaban J connectivity index is 1.70. The van der Waals surface area contributed by atoms with Crippen LogP contribution in [0.4, 0.5) is 0 Å². The zero-order chi connectivity index (χ0) is 11.5. The quantitative estimate of drug-likeness (QED) is 0.736. The van der Waals surface area contributed by atoms with Crippen molar-refractivity contribution >= 4 is 0 Å². The molecule has 0 spiro atoms. The van der Waals surface area contributed by atoms with Gasteiger partial charge < -0.3 is 9.84 Å². The van der Waals surface area contributed by atoms with Gasteiger partial charge in [0.05, 0.1) is 12.7 Å². The number of ether oxygens (including phenoxy) is 1. The molecule has 0 saturated carbocycles. The average Bonchev–Trinajstić information content (AvgIpc) is 2.23. The highest BCUT2D eigenvalue weighted by Crippen LogP contribution is 2.17. The van der Waals surface area contributed by atoms with Crippen molar-refractivity contribution in [1.29, 1.82) is 0 Å². The summed E-state index contributed by atoms with van der Waals surface area (Å²) in [5, 5.41) is 8.96. The molecule has 0 aliphatic carbocycles. The number of hydrogen-bond donors (Lipinski definition) is 1. The zero-order valence-electron chi connectivity index (χ0n) is 10.4. The maximum absolute atomic E-state index is 8.96. The lowest BCUT2D eigenvalue weighted by molar-refractivity contribution is -0.0697. The predicted molar refractivity (Wildman–Crippen MR) is 63.5 cm³/mol. The molecule has 2 fully saturated rings. The first-order valence-corrected chi connectivity index (χ1v) is 6.38. The normalized spacial score (nSPS) is 29.6. The number of aliphatic hydroxyl groups excluding tert-OH is 1. The third-order valence-corrected chi connectivity index (χ3v) is 3.65. The summed E-state index contributed by atoms with van der Waals surface area (Å²) >= 11 is 0. The van der Waals surface area contributed by atoms with Crippen molar-refractivity contribution in [1.82, 2.24) is 9.80 Å². The van der Waals surface area contributed by atoms with Crippen molar-refractivity contribution in [2.45, 2.75) is 26.0 Å². The van der Waals surface area contributed by atoms with E-state index in [-0.39, 0.29) is 0 Å². The Hall–Kier alpha value is -0.160. The number of hydrogen-bond acceptors (Lipinski definition) is 4. The lowest BCUT2D eigenvalue weighted by Crippen LogP contribution is -2.55. The molecule has 94 valence electrons. The Labute approximate surface area is 98.2 Å². The van der Waals surface area contributed by atoms with E-state index < -0.39 is 0 Å². The van der Waals surface area contributed by atoms with Gasteiger partial charge in [-0.15, -0.1) is 0 Å². The summed E-state index contributed by atoms with van der Waals surface area (Å²) in [5.74, 6) is 0.504. The second-order valence-electron chi connectivity index (χ2n) is 5.35. The number of rotatable bonds is 4. The molecule has 16 heavy (non-hydrogen) atoms. The largest absolute Gasteiger partial charge is 0.396 e. The second-order valence-corrected chi connectivity index (χ2v) is 5.35. The zero-order valence-corrected chi connectivity index (χ0v) is 10.4. The molecule has 0 radical (unpaired) electrons. The smallest absolute Gasteiger partial charge is 0.0829 e. The fourth-order valence-electron chi connectivity index (χ4n) is 2.55. The number of morpholine rings is 1. The van der Waals surface area contributed by atoms with E-state index in [1.807, 2.05) is 0 Å². The van der Waals surface area contributed by atoms with E-state index in [0.717, 1.165) is 39.3 Å². The summed E-state index contributed by atoms with van der Waals surface area (Å²) in [4.78, 5) is 4.87. The third kappa shape index (κ3) is 2.94. The van der Waals surface area contributed by atoms with Gasteiger partial charge in [0.1, 0.15) is 0 Å². The highest BCUT2D eigenvalue weighted by atomic mass is 16.5. The van der Waals surface area contributed by atoms with Crippen LogP contribution >= 0.6 is 0 Å². The van der Waals surface area contributed by atoms with Crippen LogP contribution in [0.1, 0.15) is 13.8 Å². The molecule has 2 aliphatic heterocycles. The molecular formula is C12H24N2O2. The van der Waals surface area contributed by atoms with E-state index >= 15 is 0 Å². The maximum Gasteiger partial charge on any atom is 0.0829 e. The molecule has 0 aromatic carbocycles. The van der Waals surface area contributed by atoms with Gasteiger partial charge in [0.15, 0.2) is 0 Å². The van der Waals surface area contributed by atoms with Crippen LogP contribution in [0.2, 0.25) is 0 Å². The number of likely N-dealkylation sites (tertiary alicyclic amines) is 1. The molecule has 0 aromatic rings. The second kappa shape index (κ2) is 5.45. The van der Waals surface area contributed by atoms with Gasteiger partial charge in [0, 0.05) is 51.3 Å². The van der Waals surface area contributed by atoms with Crippen LogP contribution in [0.15, 0.2) is 0 Å². The van der Waals surface area contributed by atoms with Crippen LogP contribution in [0.5, 0.6) is 0 Å². The fraction of sp³-hybridized carbons (Fsp3) is 1.00. The summed E-state index contributed by atoms with van der Waals surface area (Å²) in [6.45, 7) is 10.9. The van der Waals surface area contributed by atoms with Crippen LogP contribution < -0.4 is 0 Å². The van der Waals surface area contributed by atoms with Crippen molar-refractivity contribution in [3.05, 3.63) is 0 Å². The molecule has 2 aliphatic rings. The van der Waals surface area contributed by atoms with Crippen molar-refractivity contribution < 1.29 is 9.84 Å². The highest BCUT2D eigenvalue weighted by molar-refractivity contribution is 4.84. The Kier molecular flexibility index (Phi) is 4.19. The molecule has 2 rings (SSSR count). The third-order valence-electron chi connectivity index (χ3n) is 3.65. The molecule has 0 amide bonds. The summed E-state index contributed by atoms with van der Waals surface area (Å²) in [7, 11) is 0. The van der Waals surface area contributed by atoms with Crippen molar-refractivity contribution in [3.8, 4) is 0 Å². The molecular weight excluding hydrogens is 204 g/mol. The van der Waals surface area contributed by atoms with Crippen LogP contribution in [-0.2, 0) is 4.74 Å². The van der Waals surface area contributed by atoms with E-state index in [9.17, 15) is 0 Å². The van der Waals surface area contributed by atoms with E-state index in [0.29, 0.717) is 24.7 Å². The van der Waals surface area contributed by atoms with Gasteiger partial charge in [-0.3, -0.25) is 9.80 Å².